The predicted octanol–water partition coefficient (Wildman–Crippen LogP) is 12.7. The van der Waals surface area contributed by atoms with E-state index in [4.69, 9.17) is 9.05 Å². The first-order valence-electron chi connectivity index (χ1n) is 15.7. The maximum atomic E-state index is 16.4. The summed E-state index contributed by atoms with van der Waals surface area (Å²) in [4.78, 5) is 0. The number of benzene rings is 2. The summed E-state index contributed by atoms with van der Waals surface area (Å²) in [6, 6.07) is 12.7. The first kappa shape index (κ1) is 34.6. The Hall–Kier alpha value is -1.60. The van der Waals surface area contributed by atoms with Crippen LogP contribution in [0.5, 0.6) is 11.5 Å². The summed E-state index contributed by atoms with van der Waals surface area (Å²) in [5.74, 6) is 1.35. The van der Waals surface area contributed by atoms with Crippen LogP contribution < -0.4 is 9.05 Å². The molecule has 0 amide bonds. The van der Waals surface area contributed by atoms with Crippen LogP contribution in [0.15, 0.2) is 36.4 Å². The van der Waals surface area contributed by atoms with Crippen LogP contribution in [0.25, 0.3) is 0 Å². The molecule has 0 unspecified atom stereocenters. The van der Waals surface area contributed by atoms with Gasteiger partial charge in [-0.05, 0) is 47.3 Å². The molecule has 0 aliphatic rings. The van der Waals surface area contributed by atoms with E-state index < -0.39 is 8.69 Å². The molecule has 0 heterocycles. The molecule has 226 valence electrons. The van der Waals surface area contributed by atoms with E-state index in [0.717, 1.165) is 73.6 Å². The molecule has 0 aliphatic carbocycles. The van der Waals surface area contributed by atoms with Gasteiger partial charge in [0.2, 0.25) is 0 Å². The van der Waals surface area contributed by atoms with E-state index >= 15 is 4.20 Å². The van der Waals surface area contributed by atoms with Gasteiger partial charge in [-0.15, -0.1) is 4.20 Å². The van der Waals surface area contributed by atoms with Crippen LogP contribution in [-0.4, -0.2) is 0 Å². The zero-order chi connectivity index (χ0) is 30.4. The molecule has 2 rings (SSSR count). The molecule has 0 bridgehead atoms. The van der Waals surface area contributed by atoms with E-state index in [2.05, 4.69) is 119 Å². The van der Waals surface area contributed by atoms with Crippen LogP contribution >= 0.6 is 8.69 Å². The molecule has 0 radical (unpaired) electrons. The molecule has 2 nitrogen and oxygen atoms in total. The maximum absolute atomic E-state index is 16.4. The second-order valence-corrected chi connectivity index (χ2v) is 15.1. The Labute approximate surface area is 247 Å². The van der Waals surface area contributed by atoms with Crippen molar-refractivity contribution in [1.82, 2.24) is 0 Å². The number of para-hydroxylation sites is 2. The summed E-state index contributed by atoms with van der Waals surface area (Å²) in [5, 5.41) is 0. The van der Waals surface area contributed by atoms with Gasteiger partial charge < -0.3 is 9.05 Å². The fourth-order valence-corrected chi connectivity index (χ4v) is 7.32. The fraction of sp³-hybridized carbons (Fsp3) is 0.667. The molecule has 0 fully saturated rings. The van der Waals surface area contributed by atoms with Crippen molar-refractivity contribution in [3.05, 3.63) is 58.7 Å². The lowest BCUT2D eigenvalue weighted by molar-refractivity contribution is 0.378. The number of hydrogen-bond donors (Lipinski definition) is 0. The minimum Gasteiger partial charge on any atom is -0.414 e. The van der Waals surface area contributed by atoms with Crippen LogP contribution in [0.1, 0.15) is 157 Å². The van der Waals surface area contributed by atoms with Crippen LogP contribution in [0.3, 0.4) is 0 Å². The summed E-state index contributed by atoms with van der Waals surface area (Å²) in [5.41, 5.74) is 3.68. The van der Waals surface area contributed by atoms with Crippen molar-refractivity contribution >= 4 is 8.69 Å². The van der Waals surface area contributed by atoms with E-state index in [1.807, 2.05) is 0 Å². The highest BCUT2D eigenvalue weighted by Crippen LogP contribution is 2.53. The van der Waals surface area contributed by atoms with E-state index in [0.29, 0.717) is 11.5 Å². The Morgan fingerprint density at radius 3 is 0.925 bits per heavy atom. The minimum absolute atomic E-state index is 0.145. The van der Waals surface area contributed by atoms with Crippen LogP contribution in [0.4, 0.5) is 4.20 Å². The van der Waals surface area contributed by atoms with Crippen molar-refractivity contribution in [3.8, 4) is 11.5 Å². The predicted molar refractivity (Wildman–Crippen MR) is 174 cm³/mol. The summed E-state index contributed by atoms with van der Waals surface area (Å²) >= 11 is 0. The molecule has 0 aromatic heterocycles. The van der Waals surface area contributed by atoms with Crippen molar-refractivity contribution in [1.29, 1.82) is 0 Å². The Kier molecular flexibility index (Phi) is 12.1. The van der Waals surface area contributed by atoms with Gasteiger partial charge in [0, 0.05) is 22.3 Å². The molecule has 2 aromatic carbocycles. The first-order chi connectivity index (χ1) is 18.6. The molecular formula is C36H58FO2P. The average molecular weight is 573 g/mol. The lowest BCUT2D eigenvalue weighted by Gasteiger charge is -2.34. The average Bonchev–Trinajstić information content (AvgIpc) is 2.83. The van der Waals surface area contributed by atoms with E-state index in [1.165, 1.54) is 0 Å². The molecule has 0 spiro atoms. The number of halogens is 1. The second kappa shape index (κ2) is 14.0. The Bertz CT molecular complexity index is 928. The van der Waals surface area contributed by atoms with Gasteiger partial charge in [-0.25, -0.2) is 0 Å². The highest BCUT2D eigenvalue weighted by Gasteiger charge is 2.36. The van der Waals surface area contributed by atoms with Crippen molar-refractivity contribution < 1.29 is 13.2 Å². The molecular weight excluding hydrogens is 514 g/mol. The van der Waals surface area contributed by atoms with Gasteiger partial charge in [0.25, 0.3) is 0 Å². The molecule has 0 saturated heterocycles. The zero-order valence-corrected chi connectivity index (χ0v) is 28.7. The third kappa shape index (κ3) is 8.24. The molecule has 2 aromatic rings. The Balaban J connectivity index is 2.69. The minimum atomic E-state index is -2.72. The van der Waals surface area contributed by atoms with Gasteiger partial charge in [-0.2, -0.15) is 0 Å². The maximum Gasteiger partial charge on any atom is 0.505 e. The largest absolute Gasteiger partial charge is 0.505 e. The topological polar surface area (TPSA) is 18.5 Å². The van der Waals surface area contributed by atoms with Crippen molar-refractivity contribution in [2.75, 3.05) is 0 Å². The third-order valence-electron chi connectivity index (χ3n) is 8.77. The summed E-state index contributed by atoms with van der Waals surface area (Å²) < 4.78 is 29.2. The summed E-state index contributed by atoms with van der Waals surface area (Å²) in [7, 11) is -2.72. The molecule has 0 N–H and O–H groups in total. The SMILES string of the molecule is CCCC(C)(C)c1cccc(C(C)(C)CCC)c1OP(F)Oc1c(C(C)(C)CCC)cccc1C(C)(C)CCC. The molecule has 0 atom stereocenters. The Morgan fingerprint density at radius 2 is 0.725 bits per heavy atom. The van der Waals surface area contributed by atoms with Gasteiger partial charge in [0.15, 0.2) is 0 Å². The van der Waals surface area contributed by atoms with E-state index in [1.54, 1.807) is 0 Å². The van der Waals surface area contributed by atoms with Crippen LogP contribution in [-0.2, 0) is 21.7 Å². The van der Waals surface area contributed by atoms with Gasteiger partial charge in [-0.3, -0.25) is 0 Å². The second-order valence-electron chi connectivity index (χ2n) is 14.3. The number of rotatable bonds is 16. The van der Waals surface area contributed by atoms with Crippen molar-refractivity contribution in [2.45, 2.75) is 156 Å². The standard InChI is InChI=1S/C36H58FO2P/c1-13-23-33(5,6)27-19-17-20-28(34(7,8)24-14-2)31(27)38-40(37)39-32-29(35(9,10)25-15-3)21-18-22-30(32)36(11,12)26-16-4/h17-22H,13-16,23-26H2,1-12H3. The van der Waals surface area contributed by atoms with Gasteiger partial charge in [0.1, 0.15) is 11.5 Å². The third-order valence-corrected chi connectivity index (χ3v) is 9.42. The highest BCUT2D eigenvalue weighted by atomic mass is 31.2. The van der Waals surface area contributed by atoms with Crippen LogP contribution in [0.2, 0.25) is 0 Å². The van der Waals surface area contributed by atoms with Crippen LogP contribution in [0, 0.1) is 0 Å². The quantitative estimate of drug-likeness (QED) is 0.186. The van der Waals surface area contributed by atoms with Crippen molar-refractivity contribution in [2.24, 2.45) is 0 Å². The smallest absolute Gasteiger partial charge is 0.414 e. The Morgan fingerprint density at radius 1 is 0.500 bits per heavy atom. The molecule has 4 heteroatoms. The van der Waals surface area contributed by atoms with Gasteiger partial charge >= 0.3 is 8.69 Å². The molecule has 0 saturated carbocycles. The lowest BCUT2D eigenvalue weighted by atomic mass is 9.74. The van der Waals surface area contributed by atoms with Gasteiger partial charge in [0.05, 0.1) is 0 Å². The zero-order valence-electron chi connectivity index (χ0n) is 27.8. The van der Waals surface area contributed by atoms with E-state index in [9.17, 15) is 0 Å². The summed E-state index contributed by atoms with van der Waals surface area (Å²) in [6.07, 6.45) is 8.17. The number of hydrogen-bond acceptors (Lipinski definition) is 2. The molecule has 0 aliphatic heterocycles. The van der Waals surface area contributed by atoms with E-state index in [-0.39, 0.29) is 21.7 Å². The fourth-order valence-electron chi connectivity index (χ4n) is 6.60. The lowest BCUT2D eigenvalue weighted by Crippen LogP contribution is -2.24. The summed E-state index contributed by atoms with van der Waals surface area (Å²) in [6.45, 7) is 26.7. The van der Waals surface area contributed by atoms with Crippen molar-refractivity contribution in [3.63, 3.8) is 0 Å². The van der Waals surface area contributed by atoms with Gasteiger partial charge in [-0.1, -0.05) is 145 Å². The normalized spacial score (nSPS) is 13.2. The first-order valence-corrected chi connectivity index (χ1v) is 16.7. The highest BCUT2D eigenvalue weighted by molar-refractivity contribution is 7.42. The monoisotopic (exact) mass is 572 g/mol. The molecule has 40 heavy (non-hydrogen) atoms.